The summed E-state index contributed by atoms with van der Waals surface area (Å²) in [7, 11) is 1.72. The molecule has 5 heteroatoms. The summed E-state index contributed by atoms with van der Waals surface area (Å²) in [4.78, 5) is 5.14. The highest BCUT2D eigenvalue weighted by atomic mass is 19.4. The Balaban J connectivity index is 0.000000110. The molecule has 3 aliphatic carbocycles. The van der Waals surface area contributed by atoms with Crippen LogP contribution in [0.5, 0.6) is 5.75 Å². The molecule has 3 aliphatic rings. The topological polar surface area (TPSA) is 22.1 Å². The Hall–Kier alpha value is -17.9. The van der Waals surface area contributed by atoms with E-state index in [1.807, 2.05) is 6.07 Å². The second kappa shape index (κ2) is 34.9. The van der Waals surface area contributed by atoms with Crippen LogP contribution in [-0.2, 0) is 22.4 Å². The molecule has 29 rings (SSSR count). The third-order valence-electron chi connectivity index (χ3n) is 32.7. The lowest BCUT2D eigenvalue weighted by molar-refractivity contribution is -0.137. The number of hydrogen-bond donors (Lipinski definition) is 0. The molecule has 2 nitrogen and oxygen atoms in total. The molecule has 1 aromatic heterocycles. The summed E-state index contributed by atoms with van der Waals surface area (Å²) >= 11 is 0. The lowest BCUT2D eigenvalue weighted by atomic mass is 9.80. The maximum absolute atomic E-state index is 13.6. The summed E-state index contributed by atoms with van der Waals surface area (Å²) in [5.41, 5.74) is 38.2. The zero-order valence-electron chi connectivity index (χ0n) is 83.6. The van der Waals surface area contributed by atoms with E-state index >= 15 is 0 Å². The first-order valence-corrected chi connectivity index (χ1v) is 51.5. The van der Waals surface area contributed by atoms with Crippen LogP contribution in [0, 0.1) is 0 Å². The molecule has 0 bridgehead atoms. The number of aromatic nitrogens is 1. The predicted octanol–water partition coefficient (Wildman–Crippen LogP) is 40.1. The lowest BCUT2D eigenvalue weighted by Gasteiger charge is -2.23. The Kier molecular flexibility index (Phi) is 21.1. The molecular weight excluding hydrogens is 1820 g/mol. The van der Waals surface area contributed by atoms with E-state index in [9.17, 15) is 13.2 Å². The first-order valence-electron chi connectivity index (χ1n) is 51.5. The second-order valence-electron chi connectivity index (χ2n) is 41.9. The highest BCUT2D eigenvalue weighted by Crippen LogP contribution is 2.59. The van der Waals surface area contributed by atoms with E-state index in [-0.39, 0.29) is 16.2 Å². The Bertz CT molecular complexity index is 10000. The zero-order chi connectivity index (χ0) is 100. The number of nitrogens with zero attached hydrogens (tertiary/aromatic N) is 1. The van der Waals surface area contributed by atoms with E-state index in [2.05, 4.69) is 490 Å². The Morgan fingerprint density at radius 2 is 0.416 bits per heavy atom. The summed E-state index contributed by atoms with van der Waals surface area (Å²) in [6.45, 7) is 14.1. The fourth-order valence-electron chi connectivity index (χ4n) is 25.6. The van der Waals surface area contributed by atoms with Crippen molar-refractivity contribution in [3.05, 3.63) is 518 Å². The van der Waals surface area contributed by atoms with Gasteiger partial charge in [0.05, 0.1) is 23.7 Å². The van der Waals surface area contributed by atoms with Crippen LogP contribution in [0.1, 0.15) is 80.5 Å². The molecule has 0 N–H and O–H groups in total. The summed E-state index contributed by atoms with van der Waals surface area (Å²) in [6, 6.07) is 172. The molecule has 149 heavy (non-hydrogen) atoms. The monoisotopic (exact) mass is 1920 g/mol. The number of para-hydroxylation sites is 2. The fraction of sp³-hybridized carbons (Fsp3) is 0.0764. The largest absolute Gasteiger partial charge is 0.497 e. The average molecular weight is 1920 g/mol. The van der Waals surface area contributed by atoms with Gasteiger partial charge in [0.2, 0.25) is 0 Å². The number of rotatable bonds is 10. The highest BCUT2D eigenvalue weighted by molar-refractivity contribution is 6.29. The van der Waals surface area contributed by atoms with Gasteiger partial charge in [-0.05, 0) is 331 Å². The van der Waals surface area contributed by atoms with E-state index in [1.54, 1.807) is 19.2 Å². The molecule has 1 heterocycles. The molecule has 0 saturated heterocycles. The highest BCUT2D eigenvalue weighted by Gasteiger charge is 2.40. The van der Waals surface area contributed by atoms with Crippen molar-refractivity contribution in [1.82, 2.24) is 4.98 Å². The van der Waals surface area contributed by atoms with Crippen LogP contribution in [0.4, 0.5) is 13.2 Å². The number of hydrogen-bond acceptors (Lipinski definition) is 2. The maximum Gasteiger partial charge on any atom is 0.416 e. The summed E-state index contributed by atoms with van der Waals surface area (Å²) in [6.07, 6.45) is -4.40. The fourth-order valence-corrected chi connectivity index (χ4v) is 25.6. The zero-order valence-corrected chi connectivity index (χ0v) is 83.6. The van der Waals surface area contributed by atoms with Crippen molar-refractivity contribution in [3.63, 3.8) is 0 Å². The van der Waals surface area contributed by atoms with Gasteiger partial charge in [0, 0.05) is 32.6 Å². The number of pyridine rings is 1. The third kappa shape index (κ3) is 14.5. The van der Waals surface area contributed by atoms with E-state index in [0.717, 1.165) is 71.7 Å². The summed E-state index contributed by atoms with van der Waals surface area (Å²) in [5, 5.41) is 23.9. The predicted molar refractivity (Wildman–Crippen MR) is 623 cm³/mol. The van der Waals surface area contributed by atoms with Crippen molar-refractivity contribution in [2.24, 2.45) is 0 Å². The number of fused-ring (bicyclic) bond motifs is 20. The van der Waals surface area contributed by atoms with Crippen LogP contribution in [0.25, 0.3) is 252 Å². The van der Waals surface area contributed by atoms with Gasteiger partial charge in [0.1, 0.15) is 5.75 Å². The molecule has 0 atom stereocenters. The molecule has 0 spiro atoms. The van der Waals surface area contributed by atoms with Gasteiger partial charge < -0.3 is 4.74 Å². The smallest absolute Gasteiger partial charge is 0.416 e. The van der Waals surface area contributed by atoms with Gasteiger partial charge >= 0.3 is 6.18 Å². The van der Waals surface area contributed by atoms with E-state index in [0.29, 0.717) is 0 Å². The van der Waals surface area contributed by atoms with Crippen LogP contribution in [0.3, 0.4) is 0 Å². The Labute approximate surface area is 864 Å². The van der Waals surface area contributed by atoms with Gasteiger partial charge in [-0.3, -0.25) is 0 Å². The van der Waals surface area contributed by atoms with Crippen molar-refractivity contribution in [3.8, 4) is 139 Å². The van der Waals surface area contributed by atoms with Crippen LogP contribution in [-0.4, -0.2) is 12.1 Å². The summed E-state index contributed by atoms with van der Waals surface area (Å²) < 4.78 is 46.4. The van der Waals surface area contributed by atoms with E-state index in [4.69, 9.17) is 9.72 Å². The molecule has 0 amide bonds. The molecule has 0 fully saturated rings. The maximum atomic E-state index is 13.6. The lowest BCUT2D eigenvalue weighted by Crippen LogP contribution is -2.14. The molecular formula is C144H100F3NO. The Morgan fingerprint density at radius 1 is 0.181 bits per heavy atom. The van der Waals surface area contributed by atoms with E-state index < -0.39 is 11.7 Å². The van der Waals surface area contributed by atoms with Gasteiger partial charge in [-0.1, -0.05) is 448 Å². The van der Waals surface area contributed by atoms with Crippen molar-refractivity contribution in [1.29, 1.82) is 0 Å². The molecule has 0 radical (unpaired) electrons. The minimum atomic E-state index is -4.40. The standard InChI is InChI=1S/C52H35N.C46H31F3.C46H34O/c1-52(2)45-23-10-7-17-37(45)38-28-27-34(31-46(38)52)49-39-18-5-6-19-40(39)50(51-42-20-8-11-24-47(42)53-48-25-12-9-21-43(48)51)41-29-26-33(30-44(41)49)36-22-13-15-32-14-3-4-16-35(32)36;1-45(2)41-17-8-7-13-35(41)36-24-21-31(27-42(36)45)44-38-15-6-5-14-37(38)43(29-18-22-32(23-19-29)46(47,48)49)39-25-20-30(26-40(39)44)34-16-9-11-28-10-3-4-12-33(28)34;1-46(2)42-18-9-8-14-36(42)37-25-22-32(28-43(37)46)45-39-16-7-6-15-38(39)44(30-19-23-33(47-3)24-20-30)40-26-21-31(27-41(40)45)35-17-10-12-29-11-4-5-13-34(29)35/h3-31H,1-2H3;3-27H,1-2H3;4-28H,1-3H3. The molecule has 0 saturated carbocycles. The normalized spacial score (nSPS) is 13.3. The van der Waals surface area contributed by atoms with E-state index in [1.165, 1.54) is 232 Å². The molecule has 708 valence electrons. The average Bonchev–Trinajstić information content (AvgIpc) is 1.57. The van der Waals surface area contributed by atoms with Crippen molar-refractivity contribution in [2.45, 2.75) is 64.0 Å². The van der Waals surface area contributed by atoms with Crippen molar-refractivity contribution < 1.29 is 17.9 Å². The van der Waals surface area contributed by atoms with Gasteiger partial charge in [-0.25, -0.2) is 4.98 Å². The van der Waals surface area contributed by atoms with Gasteiger partial charge in [0.25, 0.3) is 0 Å². The number of benzene rings is 25. The third-order valence-corrected chi connectivity index (χ3v) is 32.7. The summed E-state index contributed by atoms with van der Waals surface area (Å²) in [5.74, 6) is 0.860. The molecule has 25 aromatic carbocycles. The van der Waals surface area contributed by atoms with Crippen molar-refractivity contribution in [2.75, 3.05) is 7.11 Å². The van der Waals surface area contributed by atoms with Crippen LogP contribution < -0.4 is 4.74 Å². The van der Waals surface area contributed by atoms with Gasteiger partial charge in [0.15, 0.2) is 0 Å². The Morgan fingerprint density at radius 3 is 0.752 bits per heavy atom. The van der Waals surface area contributed by atoms with Gasteiger partial charge in [-0.15, -0.1) is 0 Å². The van der Waals surface area contributed by atoms with Gasteiger partial charge in [-0.2, -0.15) is 13.2 Å². The van der Waals surface area contributed by atoms with Crippen molar-refractivity contribution >= 4 is 119 Å². The number of methoxy groups -OCH3 is 1. The van der Waals surface area contributed by atoms with Crippen LogP contribution >= 0.6 is 0 Å². The van der Waals surface area contributed by atoms with Crippen LogP contribution in [0.2, 0.25) is 0 Å². The SMILES string of the molecule is CC1(C)c2ccccc2-c2ccc(-c3c4ccccc4c(-c4c5ccccc5nc5ccccc45)c4ccc(-c5cccc6ccccc56)cc34)cc21.CC1(C)c2ccccc2-c2ccc(-c3c4ccccc4c(-c4ccc(C(F)(F)F)cc4)c4ccc(-c5cccc6ccccc56)cc34)cc21.COc1ccc(-c2c3ccccc3c(-c3ccc4c(c3)C(C)(C)c3ccccc3-4)c3cc(-c4cccc5ccccc45)ccc23)cc1. The minimum absolute atomic E-state index is 0.0787. The number of alkyl halides is 3. The first-order chi connectivity index (χ1) is 72.8. The van der Waals surface area contributed by atoms with Crippen LogP contribution in [0.15, 0.2) is 479 Å². The number of ether oxygens (including phenoxy) is 1. The quantitative estimate of drug-likeness (QED) is 0.127. The first kappa shape index (κ1) is 89.9. The number of halogens is 3. The molecule has 0 aliphatic heterocycles. The second-order valence-corrected chi connectivity index (χ2v) is 41.9. The molecule has 26 aromatic rings. The molecule has 0 unspecified atom stereocenters. The minimum Gasteiger partial charge on any atom is -0.497 e.